The molecule has 0 bridgehead atoms. The Balaban J connectivity index is 1.75. The van der Waals surface area contributed by atoms with Crippen LogP contribution in [0.3, 0.4) is 0 Å². The van der Waals surface area contributed by atoms with E-state index in [0.717, 1.165) is 56.3 Å². The molecule has 0 radical (unpaired) electrons. The van der Waals surface area contributed by atoms with Crippen LogP contribution in [0.4, 0.5) is 5.69 Å². The molecule has 0 spiro atoms. The Hall–Kier alpha value is -2.11. The largest absolute Gasteiger partial charge is 0.497 e. The van der Waals surface area contributed by atoms with Crippen molar-refractivity contribution in [2.24, 2.45) is 0 Å². The average Bonchev–Trinajstić information content (AvgIpc) is 2.67. The fourth-order valence-corrected chi connectivity index (χ4v) is 3.11. The predicted molar refractivity (Wildman–Crippen MR) is 98.8 cm³/mol. The second-order valence-electron chi connectivity index (χ2n) is 6.03. The molecule has 24 heavy (non-hydrogen) atoms. The molecule has 0 saturated carbocycles. The van der Waals surface area contributed by atoms with Crippen LogP contribution in [0.1, 0.15) is 0 Å². The number of piperazine rings is 1. The van der Waals surface area contributed by atoms with Crippen molar-refractivity contribution in [3.63, 3.8) is 0 Å². The molecule has 1 N–H and O–H groups in total. The molecular weight excluding hydrogens is 300 g/mol. The van der Waals surface area contributed by atoms with E-state index >= 15 is 0 Å². The van der Waals surface area contributed by atoms with Crippen LogP contribution in [0.5, 0.6) is 5.75 Å². The van der Waals surface area contributed by atoms with E-state index in [1.165, 1.54) is 5.69 Å². The summed E-state index contributed by atoms with van der Waals surface area (Å²) >= 11 is 0. The normalized spacial score (nSPS) is 15.5. The molecule has 1 aliphatic rings. The molecule has 1 aromatic carbocycles. The monoisotopic (exact) mass is 326 g/mol. The van der Waals surface area contributed by atoms with Crippen LogP contribution in [-0.2, 0) is 0 Å². The maximum Gasteiger partial charge on any atom is 0.118 e. The van der Waals surface area contributed by atoms with Crippen molar-refractivity contribution in [2.45, 2.75) is 0 Å². The second kappa shape index (κ2) is 8.13. The molecule has 3 rings (SSSR count). The Morgan fingerprint density at radius 2 is 1.83 bits per heavy atom. The van der Waals surface area contributed by atoms with Gasteiger partial charge in [0.15, 0.2) is 0 Å². The molecule has 1 fully saturated rings. The average molecular weight is 326 g/mol. The first kappa shape index (κ1) is 16.7. The van der Waals surface area contributed by atoms with Crippen LogP contribution >= 0.6 is 0 Å². The van der Waals surface area contributed by atoms with E-state index in [9.17, 15) is 0 Å². The number of aromatic nitrogens is 1. The van der Waals surface area contributed by atoms with Crippen molar-refractivity contribution < 1.29 is 4.74 Å². The fourth-order valence-electron chi connectivity index (χ4n) is 3.11. The number of nitrogens with zero attached hydrogens (tertiary/aromatic N) is 3. The quantitative estimate of drug-likeness (QED) is 0.880. The van der Waals surface area contributed by atoms with Crippen LogP contribution in [0, 0.1) is 0 Å². The minimum Gasteiger partial charge on any atom is -0.497 e. The Labute approximate surface area is 144 Å². The van der Waals surface area contributed by atoms with Gasteiger partial charge in [-0.1, -0.05) is 0 Å². The van der Waals surface area contributed by atoms with Crippen molar-refractivity contribution in [1.82, 2.24) is 15.2 Å². The van der Waals surface area contributed by atoms with Crippen LogP contribution in [0.2, 0.25) is 0 Å². The van der Waals surface area contributed by atoms with Gasteiger partial charge < -0.3 is 15.0 Å². The lowest BCUT2D eigenvalue weighted by molar-refractivity contribution is 0.260. The predicted octanol–water partition coefficient (Wildman–Crippen LogP) is 2.10. The Kier molecular flexibility index (Phi) is 5.67. The number of benzene rings is 1. The summed E-state index contributed by atoms with van der Waals surface area (Å²) in [5.41, 5.74) is 3.39. The van der Waals surface area contributed by atoms with Gasteiger partial charge in [0.1, 0.15) is 5.75 Å². The molecule has 1 saturated heterocycles. The lowest BCUT2D eigenvalue weighted by Gasteiger charge is -2.36. The summed E-state index contributed by atoms with van der Waals surface area (Å²) in [6, 6.07) is 12.3. The zero-order valence-electron chi connectivity index (χ0n) is 14.5. The van der Waals surface area contributed by atoms with Gasteiger partial charge in [0.05, 0.1) is 18.5 Å². The number of ether oxygens (including phenoxy) is 1. The first-order valence-corrected chi connectivity index (χ1v) is 8.53. The van der Waals surface area contributed by atoms with Gasteiger partial charge in [0.25, 0.3) is 0 Å². The first-order chi connectivity index (χ1) is 11.8. The van der Waals surface area contributed by atoms with Gasteiger partial charge in [-0.25, -0.2) is 0 Å². The maximum absolute atomic E-state index is 5.25. The molecule has 0 aliphatic carbocycles. The number of nitrogens with one attached hydrogen (secondary N) is 1. The Morgan fingerprint density at radius 3 is 2.50 bits per heavy atom. The number of pyridine rings is 1. The summed E-state index contributed by atoms with van der Waals surface area (Å²) < 4.78 is 5.25. The molecule has 0 atom stereocenters. The molecule has 1 aliphatic heterocycles. The number of rotatable bonds is 6. The standard InChI is InChI=1S/C19H26N4O/c1-20-10-11-22-12-14-23(15-13-22)18-4-3-9-21-19(18)16-5-7-17(24-2)8-6-16/h3-9,20H,10-15H2,1-2H3. The van der Waals surface area contributed by atoms with Crippen LogP contribution in [0.15, 0.2) is 42.6 Å². The molecule has 128 valence electrons. The fraction of sp³-hybridized carbons (Fsp3) is 0.421. The zero-order valence-corrected chi connectivity index (χ0v) is 14.5. The van der Waals surface area contributed by atoms with Crippen molar-refractivity contribution in [1.29, 1.82) is 0 Å². The van der Waals surface area contributed by atoms with Crippen molar-refractivity contribution in [2.75, 3.05) is 58.3 Å². The minimum atomic E-state index is 0.870. The van der Waals surface area contributed by atoms with Gasteiger partial charge >= 0.3 is 0 Å². The third-order valence-corrected chi connectivity index (χ3v) is 4.54. The third kappa shape index (κ3) is 3.86. The zero-order chi connectivity index (χ0) is 16.8. The summed E-state index contributed by atoms with van der Waals surface area (Å²) in [7, 11) is 3.70. The molecule has 2 heterocycles. The molecule has 5 heteroatoms. The number of likely N-dealkylation sites (N-methyl/N-ethyl adjacent to an activating group) is 1. The summed E-state index contributed by atoms with van der Waals surface area (Å²) in [5.74, 6) is 0.870. The van der Waals surface area contributed by atoms with Crippen molar-refractivity contribution in [3.05, 3.63) is 42.6 Å². The molecular formula is C19H26N4O. The molecule has 1 aromatic heterocycles. The van der Waals surface area contributed by atoms with Gasteiger partial charge in [0, 0.05) is 51.0 Å². The van der Waals surface area contributed by atoms with Gasteiger partial charge in [-0.3, -0.25) is 9.88 Å². The SMILES string of the molecule is CNCCN1CCN(c2cccnc2-c2ccc(OC)cc2)CC1. The summed E-state index contributed by atoms with van der Waals surface area (Å²) in [5, 5.41) is 3.22. The van der Waals surface area contributed by atoms with E-state index in [2.05, 4.69) is 38.3 Å². The van der Waals surface area contributed by atoms with Gasteiger partial charge in [0.2, 0.25) is 0 Å². The lowest BCUT2D eigenvalue weighted by Crippen LogP contribution is -2.48. The van der Waals surface area contributed by atoms with E-state index in [1.807, 2.05) is 31.4 Å². The highest BCUT2D eigenvalue weighted by Crippen LogP contribution is 2.30. The first-order valence-electron chi connectivity index (χ1n) is 8.53. The Morgan fingerprint density at radius 1 is 1.08 bits per heavy atom. The van der Waals surface area contributed by atoms with E-state index < -0.39 is 0 Å². The smallest absolute Gasteiger partial charge is 0.118 e. The van der Waals surface area contributed by atoms with Crippen molar-refractivity contribution >= 4 is 5.69 Å². The van der Waals surface area contributed by atoms with Crippen LogP contribution in [0.25, 0.3) is 11.3 Å². The van der Waals surface area contributed by atoms with E-state index in [-0.39, 0.29) is 0 Å². The topological polar surface area (TPSA) is 40.6 Å². The van der Waals surface area contributed by atoms with Crippen molar-refractivity contribution in [3.8, 4) is 17.0 Å². The minimum absolute atomic E-state index is 0.870. The summed E-state index contributed by atoms with van der Waals surface area (Å²) in [4.78, 5) is 9.60. The van der Waals surface area contributed by atoms with Gasteiger partial charge in [-0.2, -0.15) is 0 Å². The maximum atomic E-state index is 5.25. The third-order valence-electron chi connectivity index (χ3n) is 4.54. The highest BCUT2D eigenvalue weighted by atomic mass is 16.5. The lowest BCUT2D eigenvalue weighted by atomic mass is 10.1. The van der Waals surface area contributed by atoms with Crippen LogP contribution < -0.4 is 15.0 Å². The van der Waals surface area contributed by atoms with E-state index in [0.29, 0.717) is 0 Å². The molecule has 0 amide bonds. The van der Waals surface area contributed by atoms with Gasteiger partial charge in [-0.15, -0.1) is 0 Å². The van der Waals surface area contributed by atoms with Crippen LogP contribution in [-0.4, -0.2) is 63.3 Å². The highest BCUT2D eigenvalue weighted by Gasteiger charge is 2.19. The number of hydrogen-bond acceptors (Lipinski definition) is 5. The highest BCUT2D eigenvalue weighted by molar-refractivity contribution is 5.75. The number of anilines is 1. The summed E-state index contributed by atoms with van der Waals surface area (Å²) in [6.45, 7) is 6.43. The molecule has 5 nitrogen and oxygen atoms in total. The molecule has 2 aromatic rings. The second-order valence-corrected chi connectivity index (χ2v) is 6.03. The molecule has 0 unspecified atom stereocenters. The Bertz CT molecular complexity index is 636. The van der Waals surface area contributed by atoms with E-state index in [1.54, 1.807) is 7.11 Å². The number of methoxy groups -OCH3 is 1. The summed E-state index contributed by atoms with van der Waals surface area (Å²) in [6.07, 6.45) is 1.87. The van der Waals surface area contributed by atoms with Gasteiger partial charge in [-0.05, 0) is 43.4 Å². The number of hydrogen-bond donors (Lipinski definition) is 1. The van der Waals surface area contributed by atoms with E-state index in [4.69, 9.17) is 4.74 Å².